The molecule has 0 saturated heterocycles. The van der Waals surface area contributed by atoms with E-state index < -0.39 is 28.5 Å². The van der Waals surface area contributed by atoms with E-state index in [1.807, 2.05) is 0 Å². The summed E-state index contributed by atoms with van der Waals surface area (Å²) in [4.78, 5) is 26.1. The SMILES string of the molecule is C=CCN(CC=C)C(=O)COC(=O)c1cc(S(=O)(=O)N(CC)CC)ccc1C. The number of hydrogen-bond donors (Lipinski definition) is 0. The molecule has 1 amide bonds. The lowest BCUT2D eigenvalue weighted by Crippen LogP contribution is -2.35. The maximum atomic E-state index is 12.7. The number of esters is 1. The van der Waals surface area contributed by atoms with Crippen LogP contribution in [0.2, 0.25) is 0 Å². The number of nitrogens with zero attached hydrogens (tertiary/aromatic N) is 2. The highest BCUT2D eigenvalue weighted by Gasteiger charge is 2.24. The second-order valence-corrected chi connectivity index (χ2v) is 7.96. The smallest absolute Gasteiger partial charge is 0.338 e. The van der Waals surface area contributed by atoms with E-state index in [4.69, 9.17) is 4.74 Å². The molecular formula is C20H28N2O5S. The first-order valence-corrected chi connectivity index (χ1v) is 10.4. The molecule has 0 aromatic heterocycles. The Morgan fingerprint density at radius 3 is 2.18 bits per heavy atom. The third-order valence-corrected chi connectivity index (χ3v) is 6.20. The van der Waals surface area contributed by atoms with Crippen LogP contribution in [0, 0.1) is 6.92 Å². The minimum atomic E-state index is -3.71. The summed E-state index contributed by atoms with van der Waals surface area (Å²) < 4.78 is 31.8. The van der Waals surface area contributed by atoms with Gasteiger partial charge in [-0.2, -0.15) is 4.31 Å². The molecule has 154 valence electrons. The van der Waals surface area contributed by atoms with Crippen molar-refractivity contribution in [3.8, 4) is 0 Å². The third kappa shape index (κ3) is 5.77. The van der Waals surface area contributed by atoms with Gasteiger partial charge in [0.15, 0.2) is 6.61 Å². The Morgan fingerprint density at radius 2 is 1.68 bits per heavy atom. The number of ether oxygens (including phenoxy) is 1. The molecule has 0 aliphatic heterocycles. The van der Waals surface area contributed by atoms with Crippen LogP contribution in [-0.2, 0) is 19.6 Å². The maximum Gasteiger partial charge on any atom is 0.338 e. The zero-order chi connectivity index (χ0) is 21.3. The molecule has 0 aliphatic carbocycles. The quantitative estimate of drug-likeness (QED) is 0.415. The molecule has 0 heterocycles. The molecule has 0 radical (unpaired) electrons. The molecular weight excluding hydrogens is 380 g/mol. The summed E-state index contributed by atoms with van der Waals surface area (Å²) in [6.45, 7) is 13.1. The molecule has 0 aliphatic rings. The molecule has 8 heteroatoms. The first-order valence-electron chi connectivity index (χ1n) is 9.00. The Labute approximate surface area is 167 Å². The molecule has 0 atom stereocenters. The van der Waals surface area contributed by atoms with E-state index in [9.17, 15) is 18.0 Å². The average Bonchev–Trinajstić information content (AvgIpc) is 2.66. The highest BCUT2D eigenvalue weighted by atomic mass is 32.2. The van der Waals surface area contributed by atoms with Gasteiger partial charge >= 0.3 is 5.97 Å². The predicted molar refractivity (Wildman–Crippen MR) is 109 cm³/mol. The first kappa shape index (κ1) is 23.6. The highest BCUT2D eigenvalue weighted by Crippen LogP contribution is 2.20. The molecule has 7 nitrogen and oxygen atoms in total. The Hall–Kier alpha value is -2.45. The van der Waals surface area contributed by atoms with Crippen LogP contribution in [0.3, 0.4) is 0 Å². The topological polar surface area (TPSA) is 84.0 Å². The summed E-state index contributed by atoms with van der Waals surface area (Å²) in [7, 11) is -3.71. The fourth-order valence-electron chi connectivity index (χ4n) is 2.58. The van der Waals surface area contributed by atoms with E-state index in [1.54, 1.807) is 39.0 Å². The lowest BCUT2D eigenvalue weighted by molar-refractivity contribution is -0.133. The van der Waals surface area contributed by atoms with Crippen molar-refractivity contribution in [1.29, 1.82) is 0 Å². The van der Waals surface area contributed by atoms with Gasteiger partial charge in [0.05, 0.1) is 10.5 Å². The van der Waals surface area contributed by atoms with Crippen LogP contribution >= 0.6 is 0 Å². The second-order valence-electron chi connectivity index (χ2n) is 6.02. The normalized spacial score (nSPS) is 11.1. The standard InChI is InChI=1S/C20H28N2O5S/c1-6-12-21(13-7-2)19(23)15-27-20(24)18-14-17(11-10-16(18)5)28(25,26)22(8-3)9-4/h6-7,10-11,14H,1-2,8-9,12-13,15H2,3-5H3. The number of rotatable bonds is 11. The molecule has 1 rings (SSSR count). The Morgan fingerprint density at radius 1 is 1.11 bits per heavy atom. The van der Waals surface area contributed by atoms with Crippen molar-refractivity contribution in [2.45, 2.75) is 25.7 Å². The Kier molecular flexibility index (Phi) is 9.08. The molecule has 0 bridgehead atoms. The molecule has 0 spiro atoms. The van der Waals surface area contributed by atoms with Gasteiger partial charge in [0.1, 0.15) is 0 Å². The summed E-state index contributed by atoms with van der Waals surface area (Å²) >= 11 is 0. The molecule has 1 aromatic carbocycles. The van der Waals surface area contributed by atoms with Gasteiger partial charge in [-0.05, 0) is 24.6 Å². The number of sulfonamides is 1. The van der Waals surface area contributed by atoms with Gasteiger partial charge in [-0.15, -0.1) is 13.2 Å². The number of benzene rings is 1. The van der Waals surface area contributed by atoms with Crippen molar-refractivity contribution in [3.05, 3.63) is 54.6 Å². The van der Waals surface area contributed by atoms with Gasteiger partial charge in [-0.25, -0.2) is 13.2 Å². The van der Waals surface area contributed by atoms with E-state index in [2.05, 4.69) is 13.2 Å². The molecule has 0 unspecified atom stereocenters. The van der Waals surface area contributed by atoms with Crippen molar-refractivity contribution < 1.29 is 22.7 Å². The van der Waals surface area contributed by atoms with Gasteiger partial charge in [0.25, 0.3) is 5.91 Å². The number of aryl methyl sites for hydroxylation is 1. The molecule has 28 heavy (non-hydrogen) atoms. The first-order chi connectivity index (χ1) is 13.2. The number of carbonyl (C=O) groups excluding carboxylic acids is 2. The largest absolute Gasteiger partial charge is 0.452 e. The fourth-order valence-corrected chi connectivity index (χ4v) is 4.07. The fraction of sp³-hybridized carbons (Fsp3) is 0.400. The molecule has 0 saturated carbocycles. The van der Waals surface area contributed by atoms with Crippen LogP contribution in [0.15, 0.2) is 48.4 Å². The van der Waals surface area contributed by atoms with Crippen molar-refractivity contribution in [1.82, 2.24) is 9.21 Å². The van der Waals surface area contributed by atoms with Crippen molar-refractivity contribution in [2.24, 2.45) is 0 Å². The van der Waals surface area contributed by atoms with Crippen LogP contribution in [0.5, 0.6) is 0 Å². The summed E-state index contributed by atoms with van der Waals surface area (Å²) in [6.07, 6.45) is 3.13. The zero-order valence-electron chi connectivity index (χ0n) is 16.7. The van der Waals surface area contributed by atoms with Gasteiger partial charge in [0, 0.05) is 26.2 Å². The van der Waals surface area contributed by atoms with Crippen LogP contribution in [0.25, 0.3) is 0 Å². The predicted octanol–water partition coefficient (Wildman–Crippen LogP) is 2.38. The summed E-state index contributed by atoms with van der Waals surface area (Å²) in [5.41, 5.74) is 0.671. The number of amides is 1. The van der Waals surface area contributed by atoms with Gasteiger partial charge < -0.3 is 9.64 Å². The van der Waals surface area contributed by atoms with E-state index >= 15 is 0 Å². The average molecular weight is 409 g/mol. The van der Waals surface area contributed by atoms with Crippen molar-refractivity contribution in [3.63, 3.8) is 0 Å². The summed E-state index contributed by atoms with van der Waals surface area (Å²) in [6, 6.07) is 4.30. The maximum absolute atomic E-state index is 12.7. The molecule has 0 N–H and O–H groups in total. The van der Waals surface area contributed by atoms with Crippen LogP contribution in [-0.4, -0.2) is 62.3 Å². The van der Waals surface area contributed by atoms with E-state index in [-0.39, 0.29) is 10.5 Å². The minimum Gasteiger partial charge on any atom is -0.452 e. The van der Waals surface area contributed by atoms with Gasteiger partial charge in [-0.1, -0.05) is 32.1 Å². The van der Waals surface area contributed by atoms with Gasteiger partial charge in [0.2, 0.25) is 10.0 Å². The summed E-state index contributed by atoms with van der Waals surface area (Å²) in [5.74, 6) is -1.14. The molecule has 0 fully saturated rings. The van der Waals surface area contributed by atoms with E-state index in [0.29, 0.717) is 31.7 Å². The lowest BCUT2D eigenvalue weighted by Gasteiger charge is -2.20. The van der Waals surface area contributed by atoms with E-state index in [1.165, 1.54) is 21.3 Å². The highest BCUT2D eigenvalue weighted by molar-refractivity contribution is 7.89. The monoisotopic (exact) mass is 408 g/mol. The second kappa shape index (κ2) is 10.8. The lowest BCUT2D eigenvalue weighted by atomic mass is 10.1. The van der Waals surface area contributed by atoms with Crippen molar-refractivity contribution >= 4 is 21.9 Å². The van der Waals surface area contributed by atoms with Crippen LogP contribution in [0.1, 0.15) is 29.8 Å². The summed E-state index contributed by atoms with van der Waals surface area (Å²) in [5, 5.41) is 0. The van der Waals surface area contributed by atoms with Crippen LogP contribution in [0.4, 0.5) is 0 Å². The Balaban J connectivity index is 3.01. The Bertz CT molecular complexity index is 819. The number of carbonyl (C=O) groups is 2. The minimum absolute atomic E-state index is 0.0139. The van der Waals surface area contributed by atoms with Crippen molar-refractivity contribution in [2.75, 3.05) is 32.8 Å². The van der Waals surface area contributed by atoms with Crippen LogP contribution < -0.4 is 0 Å². The number of hydrogen-bond acceptors (Lipinski definition) is 5. The molecule has 1 aromatic rings. The zero-order valence-corrected chi connectivity index (χ0v) is 17.5. The van der Waals surface area contributed by atoms with E-state index in [0.717, 1.165) is 0 Å². The third-order valence-electron chi connectivity index (χ3n) is 4.15. The van der Waals surface area contributed by atoms with Gasteiger partial charge in [-0.3, -0.25) is 4.79 Å².